The number of aryl methyl sites for hydroxylation is 1. The van der Waals surface area contributed by atoms with Crippen molar-refractivity contribution in [3.05, 3.63) is 53.1 Å². The minimum absolute atomic E-state index is 0.00290. The lowest BCUT2D eigenvalue weighted by molar-refractivity contribution is -0.119. The van der Waals surface area contributed by atoms with Crippen LogP contribution in [-0.2, 0) is 17.6 Å². The Bertz CT molecular complexity index is 1150. The van der Waals surface area contributed by atoms with E-state index in [1.54, 1.807) is 12.1 Å². The number of carbonyl (C=O) groups is 1. The number of carbonyl (C=O) groups excluding carboxylic acids is 1. The van der Waals surface area contributed by atoms with Crippen molar-refractivity contribution in [3.63, 3.8) is 0 Å². The molecule has 0 bridgehead atoms. The van der Waals surface area contributed by atoms with Gasteiger partial charge in [-0.3, -0.25) is 4.79 Å². The van der Waals surface area contributed by atoms with Gasteiger partial charge in [0.1, 0.15) is 11.8 Å². The smallest absolute Gasteiger partial charge is 0.258 e. The highest BCUT2D eigenvalue weighted by atomic mass is 16.5. The van der Waals surface area contributed by atoms with Crippen molar-refractivity contribution in [2.75, 3.05) is 13.2 Å². The van der Waals surface area contributed by atoms with Gasteiger partial charge in [-0.15, -0.1) is 0 Å². The number of nitrogens with one attached hydrogen (secondary N) is 1. The normalized spacial score (nSPS) is 11.9. The first kappa shape index (κ1) is 24.0. The number of benzene rings is 2. The van der Waals surface area contributed by atoms with Gasteiger partial charge in [0.15, 0.2) is 0 Å². The van der Waals surface area contributed by atoms with Crippen LogP contribution >= 0.6 is 0 Å². The van der Waals surface area contributed by atoms with Crippen LogP contribution in [0.4, 0.5) is 0 Å². The molecular weight excluding hydrogens is 420 g/mol. The van der Waals surface area contributed by atoms with Crippen molar-refractivity contribution >= 4 is 5.91 Å². The van der Waals surface area contributed by atoms with Crippen LogP contribution in [0, 0.1) is 11.3 Å². The molecule has 1 amide bonds. The third-order valence-corrected chi connectivity index (χ3v) is 5.01. The van der Waals surface area contributed by atoms with Crippen molar-refractivity contribution < 1.29 is 19.2 Å². The lowest BCUT2D eigenvalue weighted by atomic mass is 10.0. The van der Waals surface area contributed by atoms with E-state index >= 15 is 0 Å². The Morgan fingerprint density at radius 3 is 2.79 bits per heavy atom. The molecule has 0 fully saturated rings. The molecule has 0 unspecified atom stereocenters. The van der Waals surface area contributed by atoms with Crippen LogP contribution < -0.4 is 10.1 Å². The molecule has 1 aromatic heterocycles. The monoisotopic (exact) mass is 448 g/mol. The van der Waals surface area contributed by atoms with Gasteiger partial charge >= 0.3 is 0 Å². The zero-order valence-electron chi connectivity index (χ0n) is 19.1. The van der Waals surface area contributed by atoms with Gasteiger partial charge in [0.05, 0.1) is 18.3 Å². The zero-order chi connectivity index (χ0) is 23.8. The van der Waals surface area contributed by atoms with Gasteiger partial charge in [0, 0.05) is 24.6 Å². The molecule has 3 aromatic rings. The Balaban J connectivity index is 0.000000383. The number of nitrogens with zero attached hydrogens (tertiary/aromatic N) is 3. The highest BCUT2D eigenvalue weighted by molar-refractivity contribution is 5.72. The molecule has 8 nitrogen and oxygen atoms in total. The summed E-state index contributed by atoms with van der Waals surface area (Å²) in [5.41, 5.74) is 4.89. The second kappa shape index (κ2) is 11.2. The lowest BCUT2D eigenvalue weighted by Crippen LogP contribution is -2.22. The van der Waals surface area contributed by atoms with E-state index in [1.165, 1.54) is 24.5 Å². The van der Waals surface area contributed by atoms with E-state index < -0.39 is 0 Å². The number of fused-ring (bicyclic) bond motifs is 1. The zero-order valence-corrected chi connectivity index (χ0v) is 19.1. The van der Waals surface area contributed by atoms with Crippen LogP contribution in [-0.4, -0.2) is 40.4 Å². The molecule has 8 heteroatoms. The summed E-state index contributed by atoms with van der Waals surface area (Å²) in [7, 11) is 0. The van der Waals surface area contributed by atoms with E-state index in [-0.39, 0.29) is 18.6 Å². The maximum Gasteiger partial charge on any atom is 0.258 e. The molecular formula is C25H28N4O4. The van der Waals surface area contributed by atoms with Crippen molar-refractivity contribution in [2.45, 2.75) is 46.1 Å². The van der Waals surface area contributed by atoms with Gasteiger partial charge in [-0.2, -0.15) is 10.2 Å². The summed E-state index contributed by atoms with van der Waals surface area (Å²) in [6.45, 7) is 5.64. The minimum Gasteiger partial charge on any atom is -0.490 e. The van der Waals surface area contributed by atoms with Crippen LogP contribution in [0.1, 0.15) is 43.9 Å². The number of hydrogen-bond acceptors (Lipinski definition) is 7. The van der Waals surface area contributed by atoms with E-state index in [1.807, 2.05) is 32.0 Å². The average Bonchev–Trinajstić information content (AvgIpc) is 3.47. The number of aliphatic hydroxyl groups is 1. The topological polar surface area (TPSA) is 121 Å². The van der Waals surface area contributed by atoms with Crippen LogP contribution in [0.2, 0.25) is 0 Å². The van der Waals surface area contributed by atoms with Gasteiger partial charge in [-0.05, 0) is 62.4 Å². The molecule has 0 spiro atoms. The van der Waals surface area contributed by atoms with Crippen molar-refractivity contribution in [2.24, 2.45) is 0 Å². The molecule has 2 aromatic carbocycles. The third-order valence-electron chi connectivity index (χ3n) is 5.01. The summed E-state index contributed by atoms with van der Waals surface area (Å²) in [5.74, 6) is 1.46. The molecule has 1 aliphatic rings. The molecule has 2 N–H and O–H groups in total. The molecule has 0 saturated heterocycles. The van der Waals surface area contributed by atoms with Gasteiger partial charge in [-0.25, -0.2) is 0 Å². The molecule has 0 radical (unpaired) electrons. The highest BCUT2D eigenvalue weighted by Crippen LogP contribution is 2.32. The predicted octanol–water partition coefficient (Wildman–Crippen LogP) is 3.67. The van der Waals surface area contributed by atoms with Crippen LogP contribution in [0.25, 0.3) is 22.8 Å². The number of aromatic nitrogens is 2. The van der Waals surface area contributed by atoms with E-state index in [2.05, 4.69) is 27.6 Å². The third kappa shape index (κ3) is 6.18. The van der Waals surface area contributed by atoms with Crippen LogP contribution in [0.15, 0.2) is 40.9 Å². The molecule has 0 saturated carbocycles. The van der Waals surface area contributed by atoms with Crippen LogP contribution in [0.3, 0.4) is 0 Å². The SMILES string of the molecule is CC(=O)NCCO.CC(C)Oc1ccc(-c2nc(-c3cccc4c3CCC4)no2)cc1C#N. The van der Waals surface area contributed by atoms with E-state index in [9.17, 15) is 10.1 Å². The van der Waals surface area contributed by atoms with Gasteiger partial charge in [0.2, 0.25) is 11.7 Å². The summed E-state index contributed by atoms with van der Waals surface area (Å²) in [6, 6.07) is 13.8. The minimum atomic E-state index is -0.103. The molecule has 1 aliphatic carbocycles. The van der Waals surface area contributed by atoms with E-state index in [0.717, 1.165) is 18.4 Å². The predicted molar refractivity (Wildman–Crippen MR) is 123 cm³/mol. The number of amides is 1. The molecule has 0 aliphatic heterocycles. The summed E-state index contributed by atoms with van der Waals surface area (Å²) >= 11 is 0. The Morgan fingerprint density at radius 2 is 2.12 bits per heavy atom. The molecule has 1 heterocycles. The number of ether oxygens (including phenoxy) is 1. The molecule has 172 valence electrons. The molecule has 4 rings (SSSR count). The van der Waals surface area contributed by atoms with Gasteiger partial charge in [-0.1, -0.05) is 23.4 Å². The fourth-order valence-electron chi connectivity index (χ4n) is 3.62. The first-order valence-electron chi connectivity index (χ1n) is 10.9. The Labute approximate surface area is 193 Å². The summed E-state index contributed by atoms with van der Waals surface area (Å²) in [4.78, 5) is 14.5. The lowest BCUT2D eigenvalue weighted by Gasteiger charge is -2.11. The Hall–Kier alpha value is -3.70. The fourth-order valence-corrected chi connectivity index (χ4v) is 3.62. The summed E-state index contributed by atoms with van der Waals surface area (Å²) in [6.07, 6.45) is 3.33. The average molecular weight is 449 g/mol. The highest BCUT2D eigenvalue weighted by Gasteiger charge is 2.20. The number of rotatable bonds is 6. The van der Waals surface area contributed by atoms with Gasteiger partial charge < -0.3 is 19.7 Å². The second-order valence-corrected chi connectivity index (χ2v) is 7.92. The number of nitriles is 1. The van der Waals surface area contributed by atoms with Crippen molar-refractivity contribution in [1.82, 2.24) is 15.5 Å². The maximum absolute atomic E-state index is 9.98. The van der Waals surface area contributed by atoms with E-state index in [0.29, 0.717) is 35.1 Å². The maximum atomic E-state index is 9.98. The van der Waals surface area contributed by atoms with Crippen molar-refractivity contribution in [1.29, 1.82) is 5.26 Å². The van der Waals surface area contributed by atoms with E-state index in [4.69, 9.17) is 14.4 Å². The Morgan fingerprint density at radius 1 is 1.30 bits per heavy atom. The standard InChI is InChI=1S/C21H19N3O2.C4H9NO2/c1-13(2)25-19-10-9-15(11-16(19)12-22)21-23-20(24-26-21)18-8-4-6-14-5-3-7-17(14)18;1-4(7)5-2-3-6/h4,6,8-11,13H,3,5,7H2,1-2H3;6H,2-3H2,1H3,(H,5,7). The first-order valence-corrected chi connectivity index (χ1v) is 10.9. The summed E-state index contributed by atoms with van der Waals surface area (Å²) < 4.78 is 11.1. The second-order valence-electron chi connectivity index (χ2n) is 7.92. The van der Waals surface area contributed by atoms with Gasteiger partial charge in [0.25, 0.3) is 5.89 Å². The Kier molecular flexibility index (Phi) is 8.17. The largest absolute Gasteiger partial charge is 0.490 e. The number of aliphatic hydroxyl groups excluding tert-OH is 1. The molecule has 33 heavy (non-hydrogen) atoms. The first-order chi connectivity index (χ1) is 15.9. The molecule has 0 atom stereocenters. The van der Waals surface area contributed by atoms with Crippen LogP contribution in [0.5, 0.6) is 5.75 Å². The number of hydrogen-bond donors (Lipinski definition) is 2. The summed E-state index contributed by atoms with van der Waals surface area (Å²) in [5, 5.41) is 24.1. The quantitative estimate of drug-likeness (QED) is 0.590. The van der Waals surface area contributed by atoms with Crippen molar-refractivity contribution in [3.8, 4) is 34.7 Å². The fraction of sp³-hybridized carbons (Fsp3) is 0.360.